The molecule has 1 N–H and O–H groups in total. The number of rotatable bonds is 5. The molecule has 0 saturated heterocycles. The SMILES string of the molecule is CNC(Cc1nc2ccccc2s1)C1(OC)CCC1. The Kier molecular flexibility index (Phi) is 3.56. The second-order valence-corrected chi connectivity index (χ2v) is 6.36. The van der Waals surface area contributed by atoms with Crippen LogP contribution in [0, 0.1) is 0 Å². The third-order valence-electron chi connectivity index (χ3n) is 4.31. The van der Waals surface area contributed by atoms with Gasteiger partial charge in [0.2, 0.25) is 0 Å². The average Bonchev–Trinajstić information content (AvgIpc) is 2.79. The van der Waals surface area contributed by atoms with E-state index in [2.05, 4.69) is 23.5 Å². The van der Waals surface area contributed by atoms with Crippen molar-refractivity contribution in [2.24, 2.45) is 0 Å². The molecule has 1 fully saturated rings. The van der Waals surface area contributed by atoms with Gasteiger partial charge in [-0.1, -0.05) is 12.1 Å². The van der Waals surface area contributed by atoms with E-state index in [4.69, 9.17) is 9.72 Å². The summed E-state index contributed by atoms with van der Waals surface area (Å²) in [7, 11) is 3.86. The van der Waals surface area contributed by atoms with Crippen molar-refractivity contribution in [3.8, 4) is 0 Å². The highest BCUT2D eigenvalue weighted by molar-refractivity contribution is 7.18. The summed E-state index contributed by atoms with van der Waals surface area (Å²) >= 11 is 1.80. The molecule has 1 saturated carbocycles. The van der Waals surface area contributed by atoms with Crippen LogP contribution in [0.3, 0.4) is 0 Å². The first-order valence-electron chi connectivity index (χ1n) is 6.84. The summed E-state index contributed by atoms with van der Waals surface area (Å²) in [6.45, 7) is 0. The van der Waals surface area contributed by atoms with Gasteiger partial charge in [-0.3, -0.25) is 0 Å². The molecule has 1 aliphatic rings. The summed E-state index contributed by atoms with van der Waals surface area (Å²) in [5.41, 5.74) is 1.13. The van der Waals surface area contributed by atoms with Gasteiger partial charge in [-0.15, -0.1) is 11.3 Å². The molecule has 3 rings (SSSR count). The van der Waals surface area contributed by atoms with E-state index in [1.807, 2.05) is 20.2 Å². The molecule has 0 amide bonds. The molecule has 102 valence electrons. The second kappa shape index (κ2) is 5.19. The lowest BCUT2D eigenvalue weighted by Gasteiger charge is -2.46. The van der Waals surface area contributed by atoms with Crippen molar-refractivity contribution in [2.75, 3.05) is 14.2 Å². The number of methoxy groups -OCH3 is 1. The molecule has 1 unspecified atom stereocenters. The molecule has 19 heavy (non-hydrogen) atoms. The van der Waals surface area contributed by atoms with Crippen LogP contribution in [0.25, 0.3) is 10.2 Å². The van der Waals surface area contributed by atoms with Crippen molar-refractivity contribution in [1.29, 1.82) is 0 Å². The number of para-hydroxylation sites is 1. The fraction of sp³-hybridized carbons (Fsp3) is 0.533. The van der Waals surface area contributed by atoms with Gasteiger partial charge in [0.1, 0.15) is 0 Å². The highest BCUT2D eigenvalue weighted by Crippen LogP contribution is 2.39. The fourth-order valence-corrected chi connectivity index (χ4v) is 3.97. The molecular weight excluding hydrogens is 256 g/mol. The number of thiazole rings is 1. The van der Waals surface area contributed by atoms with E-state index >= 15 is 0 Å². The van der Waals surface area contributed by atoms with Crippen molar-refractivity contribution >= 4 is 21.6 Å². The number of hydrogen-bond donors (Lipinski definition) is 1. The summed E-state index contributed by atoms with van der Waals surface area (Å²) in [5.74, 6) is 0. The highest BCUT2D eigenvalue weighted by atomic mass is 32.1. The van der Waals surface area contributed by atoms with E-state index in [1.54, 1.807) is 11.3 Å². The third-order valence-corrected chi connectivity index (χ3v) is 5.37. The second-order valence-electron chi connectivity index (χ2n) is 5.24. The minimum absolute atomic E-state index is 0.0204. The molecule has 0 radical (unpaired) electrons. The number of likely N-dealkylation sites (N-methyl/N-ethyl adjacent to an activating group) is 1. The van der Waals surface area contributed by atoms with Crippen LogP contribution in [0.2, 0.25) is 0 Å². The number of nitrogens with zero attached hydrogens (tertiary/aromatic N) is 1. The topological polar surface area (TPSA) is 34.2 Å². The molecule has 0 aliphatic heterocycles. The van der Waals surface area contributed by atoms with Gasteiger partial charge in [0.25, 0.3) is 0 Å². The maximum absolute atomic E-state index is 5.79. The zero-order valence-electron chi connectivity index (χ0n) is 11.5. The van der Waals surface area contributed by atoms with Gasteiger partial charge >= 0.3 is 0 Å². The van der Waals surface area contributed by atoms with E-state index in [0.717, 1.165) is 24.8 Å². The van der Waals surface area contributed by atoms with Crippen molar-refractivity contribution < 1.29 is 4.74 Å². The van der Waals surface area contributed by atoms with E-state index in [-0.39, 0.29) is 5.60 Å². The first-order chi connectivity index (χ1) is 9.27. The summed E-state index contributed by atoms with van der Waals surface area (Å²) in [6.07, 6.45) is 4.52. The van der Waals surface area contributed by atoms with Crippen LogP contribution < -0.4 is 5.32 Å². The van der Waals surface area contributed by atoms with Gasteiger partial charge in [0.15, 0.2) is 0 Å². The monoisotopic (exact) mass is 276 g/mol. The predicted molar refractivity (Wildman–Crippen MR) is 79.8 cm³/mol. The van der Waals surface area contributed by atoms with Gasteiger partial charge in [0.05, 0.1) is 20.8 Å². The van der Waals surface area contributed by atoms with E-state index in [1.165, 1.54) is 16.1 Å². The zero-order chi connectivity index (χ0) is 13.3. The number of ether oxygens (including phenoxy) is 1. The Labute approximate surface area is 118 Å². The Hall–Kier alpha value is -0.970. The number of nitrogens with one attached hydrogen (secondary N) is 1. The maximum Gasteiger partial charge on any atom is 0.0955 e. The Morgan fingerprint density at radius 3 is 2.79 bits per heavy atom. The fourth-order valence-electron chi connectivity index (χ4n) is 2.95. The maximum atomic E-state index is 5.79. The quantitative estimate of drug-likeness (QED) is 0.911. The molecule has 4 heteroatoms. The minimum atomic E-state index is 0.0204. The first-order valence-corrected chi connectivity index (χ1v) is 7.66. The lowest BCUT2D eigenvalue weighted by molar-refractivity contribution is -0.0966. The van der Waals surface area contributed by atoms with Gasteiger partial charge < -0.3 is 10.1 Å². The molecule has 1 aliphatic carbocycles. The number of fused-ring (bicyclic) bond motifs is 1. The Morgan fingerprint density at radius 2 is 2.21 bits per heavy atom. The molecule has 1 aromatic carbocycles. The molecule has 2 aromatic rings. The van der Waals surface area contributed by atoms with Gasteiger partial charge in [-0.05, 0) is 38.4 Å². The molecule has 1 aromatic heterocycles. The first kappa shape index (κ1) is 13.0. The van der Waals surface area contributed by atoms with Crippen LogP contribution in [-0.4, -0.2) is 30.8 Å². The smallest absolute Gasteiger partial charge is 0.0955 e. The Bertz CT molecular complexity index is 524. The lowest BCUT2D eigenvalue weighted by atomic mass is 9.73. The average molecular weight is 276 g/mol. The van der Waals surface area contributed by atoms with Crippen LogP contribution in [0.5, 0.6) is 0 Å². The van der Waals surface area contributed by atoms with Crippen molar-refractivity contribution in [3.63, 3.8) is 0 Å². The number of benzene rings is 1. The largest absolute Gasteiger partial charge is 0.377 e. The van der Waals surface area contributed by atoms with Gasteiger partial charge in [0, 0.05) is 19.6 Å². The Morgan fingerprint density at radius 1 is 1.42 bits per heavy atom. The zero-order valence-corrected chi connectivity index (χ0v) is 12.3. The number of aromatic nitrogens is 1. The number of hydrogen-bond acceptors (Lipinski definition) is 4. The lowest BCUT2D eigenvalue weighted by Crippen LogP contribution is -2.56. The Balaban J connectivity index is 1.82. The van der Waals surface area contributed by atoms with Gasteiger partial charge in [-0.25, -0.2) is 4.98 Å². The van der Waals surface area contributed by atoms with Gasteiger partial charge in [-0.2, -0.15) is 0 Å². The van der Waals surface area contributed by atoms with Crippen LogP contribution in [0.4, 0.5) is 0 Å². The summed E-state index contributed by atoms with van der Waals surface area (Å²) < 4.78 is 7.06. The molecule has 0 spiro atoms. The van der Waals surface area contributed by atoms with Crippen molar-refractivity contribution in [2.45, 2.75) is 37.3 Å². The predicted octanol–water partition coefficient (Wildman–Crippen LogP) is 3.00. The molecule has 0 bridgehead atoms. The van der Waals surface area contributed by atoms with Crippen LogP contribution >= 0.6 is 11.3 Å². The van der Waals surface area contributed by atoms with Crippen LogP contribution in [0.15, 0.2) is 24.3 Å². The summed E-state index contributed by atoms with van der Waals surface area (Å²) in [6, 6.07) is 8.69. The highest BCUT2D eigenvalue weighted by Gasteiger charge is 2.44. The third kappa shape index (κ3) is 2.29. The normalized spacial score (nSPS) is 19.3. The molecule has 1 heterocycles. The van der Waals surface area contributed by atoms with E-state index in [0.29, 0.717) is 6.04 Å². The van der Waals surface area contributed by atoms with E-state index < -0.39 is 0 Å². The van der Waals surface area contributed by atoms with E-state index in [9.17, 15) is 0 Å². The van der Waals surface area contributed by atoms with Crippen LogP contribution in [0.1, 0.15) is 24.3 Å². The van der Waals surface area contributed by atoms with Crippen molar-refractivity contribution in [1.82, 2.24) is 10.3 Å². The molecular formula is C15H20N2OS. The summed E-state index contributed by atoms with van der Waals surface area (Å²) in [5, 5.41) is 4.63. The van der Waals surface area contributed by atoms with Crippen molar-refractivity contribution in [3.05, 3.63) is 29.3 Å². The minimum Gasteiger partial charge on any atom is -0.377 e. The standard InChI is InChI=1S/C15H20N2OS/c1-16-13(15(18-2)8-5-9-15)10-14-17-11-6-3-4-7-12(11)19-14/h3-4,6-7,13,16H,5,8-10H2,1-2H3. The molecule has 3 nitrogen and oxygen atoms in total. The summed E-state index contributed by atoms with van der Waals surface area (Å²) in [4.78, 5) is 4.73. The van der Waals surface area contributed by atoms with Crippen LogP contribution in [-0.2, 0) is 11.2 Å². The molecule has 1 atom stereocenters.